The van der Waals surface area contributed by atoms with Crippen LogP contribution >= 0.6 is 0 Å². The molecule has 0 amide bonds. The van der Waals surface area contributed by atoms with Crippen LogP contribution in [0.15, 0.2) is 70.1 Å². The van der Waals surface area contributed by atoms with Crippen molar-refractivity contribution in [1.82, 2.24) is 29.7 Å². The third-order valence-corrected chi connectivity index (χ3v) is 5.46. The maximum atomic E-state index is 13.6. The van der Waals surface area contributed by atoms with E-state index in [0.717, 1.165) is 5.69 Å². The van der Waals surface area contributed by atoms with Gasteiger partial charge in [-0.15, -0.1) is 10.2 Å². The number of hydrogen-bond acceptors (Lipinski definition) is 9. The molecule has 0 saturated heterocycles. The van der Waals surface area contributed by atoms with Crippen molar-refractivity contribution in [3.63, 3.8) is 0 Å². The van der Waals surface area contributed by atoms with E-state index in [4.69, 9.17) is 15.1 Å². The molecule has 0 aliphatic rings. The zero-order chi connectivity index (χ0) is 23.7. The third kappa shape index (κ3) is 3.75. The highest BCUT2D eigenvalue weighted by atomic mass is 16.4. The Labute approximate surface area is 194 Å². The lowest BCUT2D eigenvalue weighted by atomic mass is 10.1. The first-order valence-electron chi connectivity index (χ1n) is 10.8. The van der Waals surface area contributed by atoms with Crippen molar-refractivity contribution in [2.45, 2.75) is 26.3 Å². The van der Waals surface area contributed by atoms with Gasteiger partial charge < -0.3 is 15.5 Å². The minimum atomic E-state index is -0.394. The first-order chi connectivity index (χ1) is 16.6. The van der Waals surface area contributed by atoms with Crippen LogP contribution in [0.4, 0.5) is 11.6 Å². The molecule has 3 aromatic heterocycles. The number of anilines is 2. The van der Waals surface area contributed by atoms with Crippen molar-refractivity contribution < 1.29 is 4.42 Å². The average Bonchev–Trinajstić information content (AvgIpc) is 3.28. The van der Waals surface area contributed by atoms with Crippen molar-refractivity contribution in [1.29, 1.82) is 0 Å². The molecule has 3 N–H and O–H groups in total. The molecule has 0 radical (unpaired) electrons. The number of nitrogens with one attached hydrogen (secondary N) is 1. The Kier molecular flexibility index (Phi) is 5.46. The molecule has 1 atom stereocenters. The van der Waals surface area contributed by atoms with Crippen LogP contribution in [0.5, 0.6) is 0 Å². The Morgan fingerprint density at radius 2 is 1.82 bits per heavy atom. The summed E-state index contributed by atoms with van der Waals surface area (Å²) in [5, 5.41) is 11.9. The molecular weight excluding hydrogens is 432 g/mol. The van der Waals surface area contributed by atoms with E-state index < -0.39 is 6.04 Å². The molecule has 0 unspecified atom stereocenters. The van der Waals surface area contributed by atoms with Gasteiger partial charge in [0.1, 0.15) is 29.4 Å². The van der Waals surface area contributed by atoms with Crippen LogP contribution in [0.25, 0.3) is 28.0 Å². The Morgan fingerprint density at radius 1 is 1.06 bits per heavy atom. The summed E-state index contributed by atoms with van der Waals surface area (Å²) < 4.78 is 7.22. The highest BCUT2D eigenvalue weighted by Crippen LogP contribution is 2.32. The smallest absolute Gasteiger partial charge is 0.266 e. The van der Waals surface area contributed by atoms with Crippen molar-refractivity contribution in [2.24, 2.45) is 0 Å². The number of nitrogens with zero attached hydrogens (tertiary/aromatic N) is 6. The van der Waals surface area contributed by atoms with Crippen molar-refractivity contribution >= 4 is 22.5 Å². The average molecular weight is 454 g/mol. The van der Waals surface area contributed by atoms with E-state index in [1.165, 1.54) is 6.33 Å². The van der Waals surface area contributed by atoms with Crippen LogP contribution in [0.3, 0.4) is 0 Å². The molecule has 0 bridgehead atoms. The molecule has 3 heterocycles. The largest absolute Gasteiger partial charge is 0.421 e. The first kappa shape index (κ1) is 21.3. The van der Waals surface area contributed by atoms with Crippen LogP contribution in [0, 0.1) is 6.92 Å². The summed E-state index contributed by atoms with van der Waals surface area (Å²) in [6, 6.07) is 16.3. The van der Waals surface area contributed by atoms with Gasteiger partial charge in [-0.05, 0) is 30.7 Å². The summed E-state index contributed by atoms with van der Waals surface area (Å²) >= 11 is 0. The molecule has 0 aliphatic carbocycles. The minimum absolute atomic E-state index is 0.151. The van der Waals surface area contributed by atoms with Crippen molar-refractivity contribution in [3.8, 4) is 17.1 Å². The lowest BCUT2D eigenvalue weighted by Crippen LogP contribution is -2.28. The summed E-state index contributed by atoms with van der Waals surface area (Å²) in [5.41, 5.74) is 7.73. The van der Waals surface area contributed by atoms with Gasteiger partial charge >= 0.3 is 0 Å². The zero-order valence-electron chi connectivity index (χ0n) is 18.6. The fourth-order valence-electron chi connectivity index (χ4n) is 3.84. The Morgan fingerprint density at radius 3 is 2.56 bits per heavy atom. The predicted molar refractivity (Wildman–Crippen MR) is 128 cm³/mol. The molecule has 0 saturated carbocycles. The number of fused-ring (bicyclic) bond motifs is 1. The molecule has 34 heavy (non-hydrogen) atoms. The van der Waals surface area contributed by atoms with Gasteiger partial charge in [0, 0.05) is 6.92 Å². The maximum absolute atomic E-state index is 13.6. The molecule has 0 aliphatic heterocycles. The second kappa shape index (κ2) is 8.74. The number of rotatable bonds is 6. The Hall–Kier alpha value is -4.60. The normalized spacial score (nSPS) is 12.1. The second-order valence-corrected chi connectivity index (χ2v) is 7.68. The lowest BCUT2D eigenvalue weighted by molar-refractivity contribution is 0.532. The quantitative estimate of drug-likeness (QED) is 0.393. The van der Waals surface area contributed by atoms with Gasteiger partial charge in [0.25, 0.3) is 11.4 Å². The second-order valence-electron chi connectivity index (χ2n) is 7.68. The lowest BCUT2D eigenvalue weighted by Gasteiger charge is -2.23. The van der Waals surface area contributed by atoms with E-state index >= 15 is 0 Å². The summed E-state index contributed by atoms with van der Waals surface area (Å²) in [6.07, 6.45) is 1.96. The van der Waals surface area contributed by atoms with E-state index in [0.29, 0.717) is 40.4 Å². The number of para-hydroxylation sites is 2. The number of nitrogen functional groups attached to an aromatic ring is 1. The summed E-state index contributed by atoms with van der Waals surface area (Å²) in [4.78, 5) is 26.9. The van der Waals surface area contributed by atoms with Gasteiger partial charge in [-0.2, -0.15) is 0 Å². The Balaban J connectivity index is 1.69. The van der Waals surface area contributed by atoms with Crippen molar-refractivity contribution in [2.75, 3.05) is 11.1 Å². The predicted octanol–water partition coefficient (Wildman–Crippen LogP) is 3.68. The maximum Gasteiger partial charge on any atom is 0.266 e. The fraction of sp³-hybridized carbons (Fsp3) is 0.167. The number of aryl methyl sites for hydroxylation is 1. The number of hydrogen-bond donors (Lipinski definition) is 2. The van der Waals surface area contributed by atoms with E-state index in [2.05, 4.69) is 25.5 Å². The summed E-state index contributed by atoms with van der Waals surface area (Å²) in [6.45, 7) is 3.69. The molecular formula is C24H22N8O2. The van der Waals surface area contributed by atoms with Gasteiger partial charge in [-0.1, -0.05) is 37.3 Å². The van der Waals surface area contributed by atoms with Crippen LogP contribution in [0.1, 0.15) is 31.1 Å². The fourth-order valence-corrected chi connectivity index (χ4v) is 3.84. The molecule has 10 heteroatoms. The Bertz CT molecular complexity index is 1530. The van der Waals surface area contributed by atoms with E-state index in [-0.39, 0.29) is 17.3 Å². The minimum Gasteiger partial charge on any atom is -0.421 e. The van der Waals surface area contributed by atoms with Gasteiger partial charge in [-0.3, -0.25) is 9.36 Å². The van der Waals surface area contributed by atoms with Crippen LogP contribution in [-0.4, -0.2) is 29.7 Å². The summed E-state index contributed by atoms with van der Waals surface area (Å²) in [5.74, 6) is 1.75. The highest BCUT2D eigenvalue weighted by molar-refractivity contribution is 5.79. The molecule has 2 aromatic carbocycles. The van der Waals surface area contributed by atoms with E-state index in [1.807, 2.05) is 55.5 Å². The van der Waals surface area contributed by atoms with Crippen LogP contribution < -0.4 is 16.6 Å². The monoisotopic (exact) mass is 454 g/mol. The van der Waals surface area contributed by atoms with Gasteiger partial charge in [0.05, 0.1) is 22.6 Å². The van der Waals surface area contributed by atoms with Crippen LogP contribution in [0.2, 0.25) is 0 Å². The van der Waals surface area contributed by atoms with Gasteiger partial charge in [-0.25, -0.2) is 15.0 Å². The number of aromatic nitrogens is 6. The van der Waals surface area contributed by atoms with Crippen LogP contribution in [-0.2, 0) is 0 Å². The molecule has 0 fully saturated rings. The summed E-state index contributed by atoms with van der Waals surface area (Å²) in [7, 11) is 0. The third-order valence-electron chi connectivity index (χ3n) is 5.46. The highest BCUT2D eigenvalue weighted by Gasteiger charge is 2.24. The van der Waals surface area contributed by atoms with E-state index in [1.54, 1.807) is 17.6 Å². The molecule has 10 nitrogen and oxygen atoms in total. The molecule has 5 rings (SSSR count). The SMILES string of the molecule is CC[C@H](Nc1ncnc(N)c1-c1nnc(C)o1)c1nc2ccccc2c(=O)n1-c1ccccc1. The van der Waals surface area contributed by atoms with Crippen molar-refractivity contribution in [3.05, 3.63) is 83.0 Å². The van der Waals surface area contributed by atoms with E-state index in [9.17, 15) is 4.79 Å². The van der Waals surface area contributed by atoms with Gasteiger partial charge in [0.2, 0.25) is 5.89 Å². The van der Waals surface area contributed by atoms with Gasteiger partial charge in [0.15, 0.2) is 0 Å². The zero-order valence-corrected chi connectivity index (χ0v) is 18.6. The number of nitrogens with two attached hydrogens (primary N) is 1. The standard InChI is InChI=1S/C24H22N8O2/c1-3-17(28-21-19(20(25)26-13-27-21)23-31-30-14(2)34-23)22-29-18-12-8-7-11-16(18)24(33)32(22)15-9-5-4-6-10-15/h4-13,17H,3H2,1-2H3,(H3,25,26,27,28)/t17-/m0/s1. The molecule has 170 valence electrons. The molecule has 5 aromatic rings. The number of benzene rings is 2. The molecule has 0 spiro atoms. The topological polar surface area (TPSA) is 138 Å². The first-order valence-corrected chi connectivity index (χ1v) is 10.8.